The zero-order valence-corrected chi connectivity index (χ0v) is 19.9. The number of benzene rings is 3. The first-order valence-electron chi connectivity index (χ1n) is 10.5. The predicted molar refractivity (Wildman–Crippen MR) is 131 cm³/mol. The molecule has 0 saturated carbocycles. The molecule has 176 valence electrons. The fourth-order valence-electron chi connectivity index (χ4n) is 3.90. The average molecular weight is 482 g/mol. The van der Waals surface area contributed by atoms with Crippen molar-refractivity contribution in [2.75, 3.05) is 13.6 Å². The third-order valence-electron chi connectivity index (χ3n) is 5.41. The van der Waals surface area contributed by atoms with E-state index in [2.05, 4.69) is 29.2 Å². The van der Waals surface area contributed by atoms with E-state index in [9.17, 15) is 9.18 Å². The SMILES string of the molecule is Cc1ccccc1-c1ccc(-c2nc(-c3cc(F)cc(CN(C)CC(=O)O)c3)no2)cc1C.Cl. The molecule has 4 aromatic rings. The van der Waals surface area contributed by atoms with Gasteiger partial charge in [0.2, 0.25) is 5.82 Å². The van der Waals surface area contributed by atoms with Gasteiger partial charge in [-0.25, -0.2) is 4.39 Å². The monoisotopic (exact) mass is 481 g/mol. The van der Waals surface area contributed by atoms with Crippen LogP contribution < -0.4 is 0 Å². The number of aromatic nitrogens is 2. The van der Waals surface area contributed by atoms with Gasteiger partial charge in [-0.05, 0) is 79.0 Å². The van der Waals surface area contributed by atoms with Gasteiger partial charge in [-0.15, -0.1) is 12.4 Å². The topological polar surface area (TPSA) is 79.5 Å². The van der Waals surface area contributed by atoms with Crippen molar-refractivity contribution in [2.45, 2.75) is 20.4 Å². The highest BCUT2D eigenvalue weighted by atomic mass is 35.5. The molecule has 1 heterocycles. The van der Waals surface area contributed by atoms with Crippen molar-refractivity contribution in [1.29, 1.82) is 0 Å². The van der Waals surface area contributed by atoms with Gasteiger partial charge in [0.05, 0.1) is 6.54 Å². The van der Waals surface area contributed by atoms with Crippen molar-refractivity contribution < 1.29 is 18.8 Å². The fraction of sp³-hybridized carbons (Fsp3) is 0.192. The lowest BCUT2D eigenvalue weighted by Crippen LogP contribution is -2.25. The molecule has 0 atom stereocenters. The number of carboxylic acids is 1. The van der Waals surface area contributed by atoms with E-state index in [-0.39, 0.29) is 31.3 Å². The van der Waals surface area contributed by atoms with Crippen LogP contribution in [0.1, 0.15) is 16.7 Å². The second kappa shape index (κ2) is 10.6. The summed E-state index contributed by atoms with van der Waals surface area (Å²) in [6, 6.07) is 18.6. The molecule has 0 spiro atoms. The van der Waals surface area contributed by atoms with Gasteiger partial charge in [-0.2, -0.15) is 4.98 Å². The number of hydrogen-bond donors (Lipinski definition) is 1. The zero-order valence-electron chi connectivity index (χ0n) is 19.1. The Bertz CT molecular complexity index is 1320. The molecule has 6 nitrogen and oxygen atoms in total. The quantitative estimate of drug-likeness (QED) is 0.361. The molecular weight excluding hydrogens is 457 g/mol. The van der Waals surface area contributed by atoms with E-state index in [0.717, 1.165) is 16.7 Å². The molecule has 0 unspecified atom stereocenters. The highest BCUT2D eigenvalue weighted by molar-refractivity contribution is 5.85. The number of aryl methyl sites for hydroxylation is 2. The number of likely N-dealkylation sites (N-methyl/N-ethyl adjacent to an activating group) is 1. The van der Waals surface area contributed by atoms with Crippen molar-refractivity contribution in [3.63, 3.8) is 0 Å². The standard InChI is InChI=1S/C26H24FN3O3.ClH/c1-16-6-4-5-7-22(16)23-9-8-19(10-17(23)2)26-28-25(29-33-26)20-11-18(12-21(27)13-20)14-30(3)15-24(31)32;/h4-13H,14-15H2,1-3H3,(H,31,32);1H. The first-order valence-corrected chi connectivity index (χ1v) is 10.5. The van der Waals surface area contributed by atoms with Gasteiger partial charge in [0.15, 0.2) is 0 Å². The van der Waals surface area contributed by atoms with E-state index in [0.29, 0.717) is 17.0 Å². The third-order valence-corrected chi connectivity index (χ3v) is 5.41. The Hall–Kier alpha value is -3.55. The van der Waals surface area contributed by atoms with Crippen LogP contribution in [0, 0.1) is 19.7 Å². The van der Waals surface area contributed by atoms with Crippen molar-refractivity contribution in [1.82, 2.24) is 15.0 Å². The summed E-state index contributed by atoms with van der Waals surface area (Å²) in [7, 11) is 1.66. The van der Waals surface area contributed by atoms with E-state index in [1.54, 1.807) is 18.0 Å². The third kappa shape index (κ3) is 5.68. The van der Waals surface area contributed by atoms with Crippen LogP contribution in [0.2, 0.25) is 0 Å². The largest absolute Gasteiger partial charge is 0.480 e. The number of carboxylic acid groups (broad SMARTS) is 1. The first-order chi connectivity index (χ1) is 15.8. The van der Waals surface area contributed by atoms with Crippen LogP contribution in [-0.2, 0) is 11.3 Å². The summed E-state index contributed by atoms with van der Waals surface area (Å²) in [5, 5.41) is 13.0. The number of aliphatic carboxylic acids is 1. The van der Waals surface area contributed by atoms with Crippen LogP contribution in [-0.4, -0.2) is 39.7 Å². The van der Waals surface area contributed by atoms with Crippen molar-refractivity contribution >= 4 is 18.4 Å². The summed E-state index contributed by atoms with van der Waals surface area (Å²) in [5.74, 6) is -0.776. The summed E-state index contributed by atoms with van der Waals surface area (Å²) in [6.07, 6.45) is 0. The number of halogens is 2. The molecule has 1 aromatic heterocycles. The Kier molecular flexibility index (Phi) is 7.81. The summed E-state index contributed by atoms with van der Waals surface area (Å²) in [6.45, 7) is 4.26. The van der Waals surface area contributed by atoms with E-state index >= 15 is 0 Å². The molecular formula is C26H25ClFN3O3. The van der Waals surface area contributed by atoms with Crippen molar-refractivity contribution in [3.05, 3.63) is 83.2 Å². The van der Waals surface area contributed by atoms with Crippen molar-refractivity contribution in [2.24, 2.45) is 0 Å². The summed E-state index contributed by atoms with van der Waals surface area (Å²) in [5.41, 5.74) is 6.46. The second-order valence-corrected chi connectivity index (χ2v) is 8.18. The molecule has 0 aliphatic carbocycles. The molecule has 0 aliphatic rings. The predicted octanol–water partition coefficient (Wildman–Crippen LogP) is 5.76. The summed E-state index contributed by atoms with van der Waals surface area (Å²) in [4.78, 5) is 16.9. The van der Waals surface area contributed by atoms with Gasteiger partial charge in [-0.3, -0.25) is 9.69 Å². The Morgan fingerprint density at radius 3 is 2.44 bits per heavy atom. The van der Waals surface area contributed by atoms with Gasteiger partial charge in [0.25, 0.3) is 5.89 Å². The van der Waals surface area contributed by atoms with Gasteiger partial charge < -0.3 is 9.63 Å². The van der Waals surface area contributed by atoms with Gasteiger partial charge in [0.1, 0.15) is 5.82 Å². The van der Waals surface area contributed by atoms with Crippen LogP contribution in [0.25, 0.3) is 34.0 Å². The van der Waals surface area contributed by atoms with E-state index in [4.69, 9.17) is 9.63 Å². The maximum absolute atomic E-state index is 14.2. The minimum absolute atomic E-state index is 0. The molecule has 8 heteroatoms. The van der Waals surface area contributed by atoms with E-state index < -0.39 is 11.8 Å². The lowest BCUT2D eigenvalue weighted by atomic mass is 9.95. The maximum atomic E-state index is 14.2. The molecule has 0 aliphatic heterocycles. The average Bonchev–Trinajstić information content (AvgIpc) is 3.24. The summed E-state index contributed by atoms with van der Waals surface area (Å²) >= 11 is 0. The molecule has 0 saturated heterocycles. The second-order valence-electron chi connectivity index (χ2n) is 8.18. The number of nitrogens with zero attached hydrogens (tertiary/aromatic N) is 3. The number of rotatable bonds is 7. The Balaban J connectivity index is 0.00000324. The van der Waals surface area contributed by atoms with Gasteiger partial charge in [-0.1, -0.05) is 35.5 Å². The maximum Gasteiger partial charge on any atom is 0.317 e. The minimum Gasteiger partial charge on any atom is -0.480 e. The fourth-order valence-corrected chi connectivity index (χ4v) is 3.90. The Labute approximate surface area is 203 Å². The van der Waals surface area contributed by atoms with Crippen molar-refractivity contribution in [3.8, 4) is 34.0 Å². The van der Waals surface area contributed by atoms with Crippen LogP contribution in [0.5, 0.6) is 0 Å². The highest BCUT2D eigenvalue weighted by Gasteiger charge is 2.15. The molecule has 3 aromatic carbocycles. The number of carbonyl (C=O) groups is 1. The lowest BCUT2D eigenvalue weighted by molar-refractivity contribution is -0.138. The Morgan fingerprint density at radius 2 is 1.74 bits per heavy atom. The molecule has 0 fully saturated rings. The molecule has 0 amide bonds. The molecule has 0 bridgehead atoms. The van der Waals surface area contributed by atoms with Crippen LogP contribution in [0.15, 0.2) is 65.2 Å². The minimum atomic E-state index is -0.944. The first kappa shape index (κ1) is 25.1. The lowest BCUT2D eigenvalue weighted by Gasteiger charge is -2.14. The molecule has 1 N–H and O–H groups in total. The van der Waals surface area contributed by atoms with E-state index in [1.165, 1.54) is 23.3 Å². The van der Waals surface area contributed by atoms with Gasteiger partial charge in [0, 0.05) is 17.7 Å². The normalized spacial score (nSPS) is 10.9. The zero-order chi connectivity index (χ0) is 23.5. The molecule has 4 rings (SSSR count). The van der Waals surface area contributed by atoms with Crippen LogP contribution in [0.3, 0.4) is 0 Å². The summed E-state index contributed by atoms with van der Waals surface area (Å²) < 4.78 is 19.7. The Morgan fingerprint density at radius 1 is 1.00 bits per heavy atom. The van der Waals surface area contributed by atoms with Crippen LogP contribution >= 0.6 is 12.4 Å². The van der Waals surface area contributed by atoms with E-state index in [1.807, 2.05) is 37.3 Å². The smallest absolute Gasteiger partial charge is 0.317 e. The number of hydrogen-bond acceptors (Lipinski definition) is 5. The van der Waals surface area contributed by atoms with Crippen LogP contribution in [0.4, 0.5) is 4.39 Å². The van der Waals surface area contributed by atoms with Gasteiger partial charge >= 0.3 is 5.97 Å². The molecule has 0 radical (unpaired) electrons. The highest BCUT2D eigenvalue weighted by Crippen LogP contribution is 2.31. The molecule has 34 heavy (non-hydrogen) atoms.